The number of nitrogens with zero attached hydrogens (tertiary/aromatic N) is 2. The molecule has 1 aromatic carbocycles. The monoisotopic (exact) mass is 537 g/mol. The molecule has 0 spiro atoms. The number of fused-ring (bicyclic) bond motifs is 4. The highest BCUT2D eigenvalue weighted by Crippen LogP contribution is 2.53. The van der Waals surface area contributed by atoms with Gasteiger partial charge in [0.2, 0.25) is 17.5 Å². The average Bonchev–Trinajstić information content (AvgIpc) is 3.48. The van der Waals surface area contributed by atoms with Gasteiger partial charge in [-0.1, -0.05) is 0 Å². The first-order chi connectivity index (χ1) is 16.1. The molecule has 0 saturated heterocycles. The van der Waals surface area contributed by atoms with E-state index in [2.05, 4.69) is 31.4 Å². The van der Waals surface area contributed by atoms with Crippen LogP contribution in [0, 0.1) is 6.92 Å². The Morgan fingerprint density at radius 3 is 2.32 bits per heavy atom. The lowest BCUT2D eigenvalue weighted by atomic mass is 9.57. The fourth-order valence-corrected chi connectivity index (χ4v) is 6.26. The van der Waals surface area contributed by atoms with Gasteiger partial charge in [-0.3, -0.25) is 4.79 Å². The molecule has 3 aromatic rings. The molecule has 7 rings (SSSR count). The maximum atomic E-state index is 13.8. The van der Waals surface area contributed by atoms with Crippen molar-refractivity contribution >= 4 is 32.8 Å². The van der Waals surface area contributed by atoms with E-state index in [4.69, 9.17) is 8.83 Å². The Morgan fingerprint density at radius 2 is 1.76 bits per heavy atom. The molecule has 6 nitrogen and oxygen atoms in total. The average molecular weight is 538 g/mol. The maximum absolute atomic E-state index is 13.8. The molecule has 2 aromatic heterocycles. The van der Waals surface area contributed by atoms with Crippen molar-refractivity contribution in [3.8, 4) is 0 Å². The normalized spacial score (nSPS) is 26.9. The highest BCUT2D eigenvalue weighted by Gasteiger charge is 2.53. The minimum Gasteiger partial charge on any atom is -0.449 e. The number of aryl methyl sites for hydroxylation is 1. The quantitative estimate of drug-likeness (QED) is 0.407. The van der Waals surface area contributed by atoms with Gasteiger partial charge in [0.15, 0.2) is 0 Å². The number of furan rings is 1. The van der Waals surface area contributed by atoms with Crippen LogP contribution in [0.15, 0.2) is 25.4 Å². The Hall–Kier alpha value is -2.36. The summed E-state index contributed by atoms with van der Waals surface area (Å²) in [5.41, 5.74) is -1.07. The van der Waals surface area contributed by atoms with Crippen LogP contribution in [-0.4, -0.2) is 21.6 Å². The summed E-state index contributed by atoms with van der Waals surface area (Å²) in [6.45, 7) is 1.77. The number of aromatic nitrogens is 2. The number of hydrogen-bond acceptors (Lipinski definition) is 5. The van der Waals surface area contributed by atoms with Crippen LogP contribution in [0.4, 0.5) is 13.2 Å². The van der Waals surface area contributed by atoms with Gasteiger partial charge in [-0.2, -0.15) is 13.2 Å². The van der Waals surface area contributed by atoms with Gasteiger partial charge < -0.3 is 14.2 Å². The molecular weight excluding hydrogens is 515 g/mol. The van der Waals surface area contributed by atoms with E-state index >= 15 is 0 Å². The molecule has 0 radical (unpaired) electrons. The minimum absolute atomic E-state index is 0.113. The summed E-state index contributed by atoms with van der Waals surface area (Å²) in [6, 6.07) is 2.88. The van der Waals surface area contributed by atoms with Crippen molar-refractivity contribution in [1.29, 1.82) is 0 Å². The van der Waals surface area contributed by atoms with Gasteiger partial charge >= 0.3 is 6.18 Å². The predicted octanol–water partition coefficient (Wildman–Crippen LogP) is 6.56. The maximum Gasteiger partial charge on any atom is 0.420 e. The van der Waals surface area contributed by atoms with Gasteiger partial charge in [0, 0.05) is 23.3 Å². The fourth-order valence-electron chi connectivity index (χ4n) is 5.70. The van der Waals surface area contributed by atoms with Crippen molar-refractivity contribution in [1.82, 2.24) is 15.5 Å². The topological polar surface area (TPSA) is 81.2 Å². The van der Waals surface area contributed by atoms with E-state index in [1.807, 2.05) is 0 Å². The lowest BCUT2D eigenvalue weighted by molar-refractivity contribution is -0.136. The summed E-state index contributed by atoms with van der Waals surface area (Å²) >= 11 is 3.36. The summed E-state index contributed by atoms with van der Waals surface area (Å²) in [5.74, 6) is 0.731. The molecular formula is C24H23BrF3N3O3. The highest BCUT2D eigenvalue weighted by atomic mass is 79.9. The minimum atomic E-state index is -4.57. The van der Waals surface area contributed by atoms with Crippen LogP contribution >= 0.6 is 15.9 Å². The Morgan fingerprint density at radius 1 is 1.09 bits per heavy atom. The van der Waals surface area contributed by atoms with E-state index in [9.17, 15) is 18.0 Å². The van der Waals surface area contributed by atoms with Crippen LogP contribution in [-0.2, 0) is 11.6 Å². The number of carbonyl (C=O) groups excluding carboxylic acids is 1. The third kappa shape index (κ3) is 3.48. The lowest BCUT2D eigenvalue weighted by Crippen LogP contribution is -2.57. The number of benzene rings is 1. The van der Waals surface area contributed by atoms with Crippen LogP contribution in [0.3, 0.4) is 0 Å². The number of nitrogens with one attached hydrogen (secondary N) is 1. The second-order valence-corrected chi connectivity index (χ2v) is 10.9. The molecule has 4 aliphatic rings. The second-order valence-electron chi connectivity index (χ2n) is 10.1. The zero-order chi connectivity index (χ0) is 23.9. The molecule has 2 bridgehead atoms. The molecule has 10 heteroatoms. The predicted molar refractivity (Wildman–Crippen MR) is 120 cm³/mol. The first kappa shape index (κ1) is 22.1. The second kappa shape index (κ2) is 7.32. The summed E-state index contributed by atoms with van der Waals surface area (Å²) in [4.78, 5) is 13.3. The van der Waals surface area contributed by atoms with E-state index in [0.29, 0.717) is 17.3 Å². The van der Waals surface area contributed by atoms with E-state index < -0.39 is 23.2 Å². The zero-order valence-corrected chi connectivity index (χ0v) is 20.1. The van der Waals surface area contributed by atoms with Gasteiger partial charge in [-0.05, 0) is 90.9 Å². The Labute approximate surface area is 201 Å². The van der Waals surface area contributed by atoms with Crippen LogP contribution < -0.4 is 5.32 Å². The van der Waals surface area contributed by atoms with Gasteiger partial charge in [0.05, 0.1) is 10.0 Å². The van der Waals surface area contributed by atoms with Crippen LogP contribution in [0.25, 0.3) is 11.0 Å². The summed E-state index contributed by atoms with van der Waals surface area (Å²) in [6.07, 6.45) is 1.79. The number of rotatable bonds is 4. The zero-order valence-electron chi connectivity index (χ0n) is 18.5. The third-order valence-electron chi connectivity index (χ3n) is 7.92. The van der Waals surface area contributed by atoms with Crippen molar-refractivity contribution in [3.05, 3.63) is 45.3 Å². The molecule has 180 valence electrons. The Bertz CT molecular complexity index is 1280. The van der Waals surface area contributed by atoms with E-state index in [-0.39, 0.29) is 32.5 Å². The molecule has 4 aliphatic carbocycles. The van der Waals surface area contributed by atoms with Crippen molar-refractivity contribution < 1.29 is 26.8 Å². The lowest BCUT2D eigenvalue weighted by Gasteiger charge is -2.51. The summed E-state index contributed by atoms with van der Waals surface area (Å²) < 4.78 is 53.0. The van der Waals surface area contributed by atoms with Crippen molar-refractivity contribution in [2.24, 2.45) is 0 Å². The molecule has 1 N–H and O–H groups in total. The fraction of sp³-hybridized carbons (Fsp3) is 0.542. The number of alkyl halides is 3. The van der Waals surface area contributed by atoms with Crippen molar-refractivity contribution in [3.63, 3.8) is 0 Å². The third-order valence-corrected chi connectivity index (χ3v) is 8.70. The molecule has 0 unspecified atom stereocenters. The van der Waals surface area contributed by atoms with Crippen LogP contribution in [0.1, 0.15) is 90.7 Å². The van der Waals surface area contributed by atoms with Gasteiger partial charge in [-0.25, -0.2) is 0 Å². The molecule has 34 heavy (non-hydrogen) atoms. The molecule has 4 saturated carbocycles. The van der Waals surface area contributed by atoms with E-state index in [0.717, 1.165) is 57.4 Å². The Kier molecular flexibility index (Phi) is 4.76. The molecule has 4 fully saturated rings. The van der Waals surface area contributed by atoms with Crippen LogP contribution in [0.5, 0.6) is 0 Å². The highest BCUT2D eigenvalue weighted by molar-refractivity contribution is 9.10. The first-order valence-corrected chi connectivity index (χ1v) is 12.3. The number of amides is 1. The van der Waals surface area contributed by atoms with Crippen molar-refractivity contribution in [2.75, 3.05) is 0 Å². The number of halogens is 4. The SMILES string of the molecule is Cc1nnc(C23CCC(NC(=O)c4oc5c(C(F)(F)F)cc(C6CC6)cc5c4Br)(CC2)CC3)o1. The summed E-state index contributed by atoms with van der Waals surface area (Å²) in [7, 11) is 0. The first-order valence-electron chi connectivity index (χ1n) is 11.6. The van der Waals surface area contributed by atoms with Crippen molar-refractivity contribution in [2.45, 2.75) is 81.3 Å². The van der Waals surface area contributed by atoms with Gasteiger partial charge in [0.1, 0.15) is 5.58 Å². The molecule has 0 aliphatic heterocycles. The van der Waals surface area contributed by atoms with Crippen LogP contribution in [0.2, 0.25) is 0 Å². The molecule has 0 atom stereocenters. The Balaban J connectivity index is 1.28. The largest absolute Gasteiger partial charge is 0.449 e. The van der Waals surface area contributed by atoms with Gasteiger partial charge in [-0.15, -0.1) is 10.2 Å². The smallest absolute Gasteiger partial charge is 0.420 e. The van der Waals surface area contributed by atoms with E-state index in [1.54, 1.807) is 13.0 Å². The number of hydrogen-bond donors (Lipinski definition) is 1. The number of carbonyl (C=O) groups is 1. The summed E-state index contributed by atoms with van der Waals surface area (Å²) in [5, 5.41) is 11.6. The molecule has 2 heterocycles. The molecule has 1 amide bonds. The van der Waals surface area contributed by atoms with E-state index in [1.165, 1.54) is 0 Å². The van der Waals surface area contributed by atoms with Gasteiger partial charge in [0.25, 0.3) is 5.91 Å². The standard InChI is InChI=1S/C24H23BrF3N3O3/c1-12-30-31-21(33-12)22-4-7-23(8-5-22,9-6-22)29-20(32)19-17(25)15-10-14(13-2-3-13)11-16(18(15)34-19)24(26,27)28/h10-11,13H,2-9H2,1H3,(H,29,32).